The molecule has 0 bridgehead atoms. The molecule has 0 atom stereocenters. The van der Waals surface area contributed by atoms with E-state index in [-0.39, 0.29) is 0 Å². The van der Waals surface area contributed by atoms with Gasteiger partial charge in [0.05, 0.1) is 0 Å². The summed E-state index contributed by atoms with van der Waals surface area (Å²) >= 11 is 0. The van der Waals surface area contributed by atoms with E-state index in [1.54, 1.807) is 0 Å². The number of alkyl halides is 6. The molecule has 7 heteroatoms. The third kappa shape index (κ3) is 2.88. The maximum atomic E-state index is 11.7. The Bertz CT molecular complexity index is 131. The summed E-state index contributed by atoms with van der Waals surface area (Å²) in [4.78, 5) is -1.46. The quantitative estimate of drug-likeness (QED) is 0.459. The Balaban J connectivity index is 4.70. The van der Waals surface area contributed by atoms with Crippen molar-refractivity contribution in [3.8, 4) is 0 Å². The molecule has 0 fully saturated rings. The number of hydrogen-bond acceptors (Lipinski definition) is 1. The van der Waals surface area contributed by atoms with E-state index >= 15 is 0 Å². The number of nitrogens with zero attached hydrogens (tertiary/aromatic N) is 1. The lowest BCUT2D eigenvalue weighted by molar-refractivity contribution is -0.382. The van der Waals surface area contributed by atoms with Crippen LogP contribution in [-0.4, -0.2) is 23.5 Å². The van der Waals surface area contributed by atoms with Crippen molar-refractivity contribution in [2.75, 3.05) is 0 Å². The molecule has 1 nitrogen and oxygen atoms in total. The fourth-order valence-electron chi connectivity index (χ4n) is 0.729. The van der Waals surface area contributed by atoms with Crippen LogP contribution in [0.3, 0.4) is 0 Å². The molecule has 0 saturated heterocycles. The molecule has 0 amide bonds. The first-order chi connectivity index (χ1) is 5.07. The molecule has 0 aromatic rings. The lowest BCUT2D eigenvalue weighted by Gasteiger charge is -2.29. The summed E-state index contributed by atoms with van der Waals surface area (Å²) in [5, 5.41) is 0. The second kappa shape index (κ2) is 3.12. The third-order valence-electron chi connectivity index (χ3n) is 1.06. The molecule has 0 aliphatic heterocycles. The molecular weight excluding hydrogens is 188 g/mol. The van der Waals surface area contributed by atoms with Crippen molar-refractivity contribution < 1.29 is 26.3 Å². The smallest absolute Gasteiger partial charge is 0.155 e. The summed E-state index contributed by atoms with van der Waals surface area (Å²) < 4.78 is 70.0. The van der Waals surface area contributed by atoms with Gasteiger partial charge in [-0.3, -0.25) is 0 Å². The highest BCUT2D eigenvalue weighted by atomic mass is 19.4. The molecule has 0 N–H and O–H groups in total. The van der Waals surface area contributed by atoms with Crippen molar-refractivity contribution in [1.82, 2.24) is 4.90 Å². The van der Waals surface area contributed by atoms with Crippen molar-refractivity contribution in [3.63, 3.8) is 0 Å². The van der Waals surface area contributed by atoms with Crippen LogP contribution in [-0.2, 0) is 0 Å². The van der Waals surface area contributed by atoms with Crippen LogP contribution in [0.5, 0.6) is 0 Å². The molecule has 0 heterocycles. The van der Waals surface area contributed by atoms with Crippen LogP contribution in [0.4, 0.5) is 26.3 Å². The molecular formula is C5H7F6N. The monoisotopic (exact) mass is 195 g/mol. The largest absolute Gasteiger partial charge is 0.467 e. The maximum absolute atomic E-state index is 11.7. The summed E-state index contributed by atoms with van der Waals surface area (Å²) in [7, 11) is 0. The van der Waals surface area contributed by atoms with Crippen LogP contribution in [0.15, 0.2) is 0 Å². The van der Waals surface area contributed by atoms with Crippen molar-refractivity contribution in [3.05, 3.63) is 0 Å². The first kappa shape index (κ1) is 11.5. The molecule has 0 radical (unpaired) electrons. The summed E-state index contributed by atoms with van der Waals surface area (Å²) in [6, 6.07) is -1.65. The van der Waals surface area contributed by atoms with Gasteiger partial charge >= 0.3 is 12.6 Å². The Morgan fingerprint density at radius 2 is 1.08 bits per heavy atom. The predicted molar refractivity (Wildman–Crippen MR) is 29.1 cm³/mol. The lowest BCUT2D eigenvalue weighted by atomic mass is 10.3. The van der Waals surface area contributed by atoms with Crippen molar-refractivity contribution in [2.45, 2.75) is 32.5 Å². The van der Waals surface area contributed by atoms with Gasteiger partial charge in [-0.15, -0.1) is 4.90 Å². The minimum Gasteiger partial charge on any atom is -0.155 e. The topological polar surface area (TPSA) is 3.24 Å². The standard InChI is InChI=1S/C5H7F6N/c1-3(2)12(4(6,7)8)5(9,10)11/h3H,1-2H3. The molecule has 0 aliphatic carbocycles. The van der Waals surface area contributed by atoms with Crippen LogP contribution in [0.1, 0.15) is 13.8 Å². The highest BCUT2D eigenvalue weighted by molar-refractivity contribution is 4.67. The highest BCUT2D eigenvalue weighted by Gasteiger charge is 2.54. The zero-order chi connectivity index (χ0) is 10.2. The summed E-state index contributed by atoms with van der Waals surface area (Å²) in [5.41, 5.74) is 0. The van der Waals surface area contributed by atoms with Gasteiger partial charge in [0.25, 0.3) is 0 Å². The average molecular weight is 195 g/mol. The van der Waals surface area contributed by atoms with Gasteiger partial charge in [-0.05, 0) is 13.8 Å². The van der Waals surface area contributed by atoms with Crippen molar-refractivity contribution in [1.29, 1.82) is 0 Å². The zero-order valence-electron chi connectivity index (χ0n) is 6.29. The van der Waals surface area contributed by atoms with Gasteiger partial charge in [0.2, 0.25) is 0 Å². The molecule has 0 aliphatic rings. The molecule has 0 aromatic heterocycles. The van der Waals surface area contributed by atoms with E-state index in [2.05, 4.69) is 0 Å². The summed E-state index contributed by atoms with van der Waals surface area (Å²) in [5.74, 6) is 0. The lowest BCUT2D eigenvalue weighted by Crippen LogP contribution is -2.51. The maximum Gasteiger partial charge on any atom is 0.467 e. The number of halogens is 6. The van der Waals surface area contributed by atoms with Gasteiger partial charge in [-0.25, -0.2) is 0 Å². The van der Waals surface area contributed by atoms with Gasteiger partial charge in [0.1, 0.15) is 0 Å². The van der Waals surface area contributed by atoms with Gasteiger partial charge < -0.3 is 0 Å². The van der Waals surface area contributed by atoms with Crippen LogP contribution in [0.25, 0.3) is 0 Å². The second-order valence-electron chi connectivity index (χ2n) is 2.40. The molecule has 0 rings (SSSR count). The van der Waals surface area contributed by atoms with E-state index in [9.17, 15) is 26.3 Å². The minimum absolute atomic E-state index is 0.820. The fraction of sp³-hybridized carbons (Fsp3) is 1.00. The molecule has 12 heavy (non-hydrogen) atoms. The van der Waals surface area contributed by atoms with Crippen LogP contribution < -0.4 is 0 Å². The number of rotatable bonds is 1. The normalized spacial score (nSPS) is 14.5. The van der Waals surface area contributed by atoms with E-state index in [0.717, 1.165) is 13.8 Å². The molecule has 0 spiro atoms. The van der Waals surface area contributed by atoms with E-state index in [1.165, 1.54) is 0 Å². The Morgan fingerprint density at radius 1 is 0.833 bits per heavy atom. The first-order valence-electron chi connectivity index (χ1n) is 2.99. The third-order valence-corrected chi connectivity index (χ3v) is 1.06. The average Bonchev–Trinajstić information content (AvgIpc) is 1.49. The van der Waals surface area contributed by atoms with E-state index in [4.69, 9.17) is 0 Å². The minimum atomic E-state index is -5.37. The predicted octanol–water partition coefficient (Wildman–Crippen LogP) is 2.74. The van der Waals surface area contributed by atoms with Crippen molar-refractivity contribution >= 4 is 0 Å². The molecule has 0 saturated carbocycles. The molecule has 0 aromatic carbocycles. The van der Waals surface area contributed by atoms with Crippen LogP contribution in [0, 0.1) is 0 Å². The van der Waals surface area contributed by atoms with Gasteiger partial charge in [-0.1, -0.05) is 0 Å². The van der Waals surface area contributed by atoms with Crippen LogP contribution >= 0.6 is 0 Å². The van der Waals surface area contributed by atoms with Crippen molar-refractivity contribution in [2.24, 2.45) is 0 Å². The summed E-state index contributed by atoms with van der Waals surface area (Å²) in [6.45, 7) is 1.64. The van der Waals surface area contributed by atoms with E-state index in [0.29, 0.717) is 0 Å². The Hall–Kier alpha value is -0.460. The van der Waals surface area contributed by atoms with Gasteiger partial charge in [-0.2, -0.15) is 26.3 Å². The molecule has 0 unspecified atom stereocenters. The SMILES string of the molecule is CC(C)N(C(F)(F)F)C(F)(F)F. The fourth-order valence-corrected chi connectivity index (χ4v) is 0.729. The van der Waals surface area contributed by atoms with Gasteiger partial charge in [0, 0.05) is 6.04 Å². The van der Waals surface area contributed by atoms with Gasteiger partial charge in [0.15, 0.2) is 0 Å². The Morgan fingerprint density at radius 3 is 1.08 bits per heavy atom. The Kier molecular flexibility index (Phi) is 3.00. The summed E-state index contributed by atoms with van der Waals surface area (Å²) in [6.07, 6.45) is -10.7. The van der Waals surface area contributed by atoms with E-state index in [1.807, 2.05) is 0 Å². The highest BCUT2D eigenvalue weighted by Crippen LogP contribution is 2.34. The zero-order valence-corrected chi connectivity index (χ0v) is 6.29. The first-order valence-corrected chi connectivity index (χ1v) is 2.99. The molecule has 74 valence electrons. The second-order valence-corrected chi connectivity index (χ2v) is 2.40. The number of hydrogen-bond donors (Lipinski definition) is 0. The van der Waals surface area contributed by atoms with Crippen LogP contribution in [0.2, 0.25) is 0 Å². The van der Waals surface area contributed by atoms with E-state index < -0.39 is 23.5 Å². The Labute approximate surface area is 65.0 Å².